The van der Waals surface area contributed by atoms with Crippen molar-refractivity contribution in [2.45, 2.75) is 6.92 Å². The van der Waals surface area contributed by atoms with E-state index >= 15 is 0 Å². The summed E-state index contributed by atoms with van der Waals surface area (Å²) in [4.78, 5) is 10.8. The van der Waals surface area contributed by atoms with E-state index in [1.54, 1.807) is 6.21 Å². The van der Waals surface area contributed by atoms with E-state index in [1.807, 2.05) is 6.92 Å². The normalized spacial score (nSPS) is 10.7. The minimum absolute atomic E-state index is 0.395. The lowest BCUT2D eigenvalue weighted by molar-refractivity contribution is 1.30. The number of H-pyrrole nitrogens is 1. The maximum absolute atomic E-state index is 5.63. The molecule has 0 aromatic carbocycles. The maximum Gasteiger partial charge on any atom is 0.158 e. The molecule has 1 aromatic rings. The van der Waals surface area contributed by atoms with Gasteiger partial charge in [0.25, 0.3) is 0 Å². The highest BCUT2D eigenvalue weighted by Crippen LogP contribution is 2.22. The van der Waals surface area contributed by atoms with Gasteiger partial charge in [-0.2, -0.15) is 0 Å². The van der Waals surface area contributed by atoms with Crippen molar-refractivity contribution in [2.75, 3.05) is 0 Å². The lowest BCUT2D eigenvalue weighted by atomic mass is 10.4. The highest BCUT2D eigenvalue weighted by molar-refractivity contribution is 6.48. The molecule has 1 heterocycles. The number of imidazole rings is 1. The second kappa shape index (κ2) is 3.34. The Morgan fingerprint density at radius 1 is 1.91 bits per heavy atom. The summed E-state index contributed by atoms with van der Waals surface area (Å²) in [7, 11) is 0. The number of aliphatic imine (C=N–C) groups is 1. The first kappa shape index (κ1) is 8.01. The summed E-state index contributed by atoms with van der Waals surface area (Å²) >= 11 is 5.63. The van der Waals surface area contributed by atoms with Crippen molar-refractivity contribution in [2.24, 2.45) is 4.99 Å². The molecular weight excluding hydrogens is 162 g/mol. The summed E-state index contributed by atoms with van der Waals surface area (Å²) in [5.41, 5.74) is 0.602. The summed E-state index contributed by atoms with van der Waals surface area (Å²) in [5.74, 6) is 0.646. The standard InChI is InChI=1S/C7H8ClN3/c1-3-9-7-6(5(2)8)10-4-11-7/h3-4H,2H2,1H3,(H,10,11)/b9-3-. The molecule has 0 amide bonds. The Kier molecular flexibility index (Phi) is 2.44. The zero-order valence-electron chi connectivity index (χ0n) is 6.13. The molecule has 0 spiro atoms. The van der Waals surface area contributed by atoms with E-state index in [1.165, 1.54) is 6.33 Å². The van der Waals surface area contributed by atoms with Crippen LogP contribution in [0.15, 0.2) is 17.9 Å². The number of hydrogen-bond acceptors (Lipinski definition) is 2. The molecular formula is C7H8ClN3. The lowest BCUT2D eigenvalue weighted by Gasteiger charge is -1.91. The topological polar surface area (TPSA) is 41.0 Å². The van der Waals surface area contributed by atoms with Gasteiger partial charge >= 0.3 is 0 Å². The van der Waals surface area contributed by atoms with Crippen molar-refractivity contribution in [3.05, 3.63) is 18.6 Å². The van der Waals surface area contributed by atoms with Crippen LogP contribution in [0.3, 0.4) is 0 Å². The second-order valence-electron chi connectivity index (χ2n) is 1.89. The molecule has 11 heavy (non-hydrogen) atoms. The van der Waals surface area contributed by atoms with Gasteiger partial charge in [0.2, 0.25) is 0 Å². The number of aromatic nitrogens is 2. The van der Waals surface area contributed by atoms with Gasteiger partial charge in [-0.25, -0.2) is 9.98 Å². The summed E-state index contributed by atoms with van der Waals surface area (Å²) in [6, 6.07) is 0. The third-order valence-corrected chi connectivity index (χ3v) is 1.31. The van der Waals surface area contributed by atoms with Gasteiger partial charge in [-0.15, -0.1) is 0 Å². The molecule has 0 aliphatic carbocycles. The van der Waals surface area contributed by atoms with Gasteiger partial charge in [-0.1, -0.05) is 18.2 Å². The fourth-order valence-electron chi connectivity index (χ4n) is 0.713. The van der Waals surface area contributed by atoms with Crippen LogP contribution in [0.4, 0.5) is 5.82 Å². The van der Waals surface area contributed by atoms with Crippen LogP contribution in [0.5, 0.6) is 0 Å². The fraction of sp³-hybridized carbons (Fsp3) is 0.143. The second-order valence-corrected chi connectivity index (χ2v) is 2.35. The van der Waals surface area contributed by atoms with E-state index in [2.05, 4.69) is 21.5 Å². The number of nitrogens with zero attached hydrogens (tertiary/aromatic N) is 2. The predicted octanol–water partition coefficient (Wildman–Crippen LogP) is 2.34. The van der Waals surface area contributed by atoms with Crippen LogP contribution >= 0.6 is 11.6 Å². The van der Waals surface area contributed by atoms with Crippen LogP contribution in [-0.2, 0) is 0 Å². The molecule has 58 valence electrons. The molecule has 0 atom stereocenters. The Morgan fingerprint density at radius 2 is 2.64 bits per heavy atom. The molecule has 0 unspecified atom stereocenters. The molecule has 1 rings (SSSR count). The van der Waals surface area contributed by atoms with Gasteiger partial charge in [0.05, 0.1) is 11.4 Å². The van der Waals surface area contributed by atoms with Gasteiger partial charge in [0, 0.05) is 6.21 Å². The highest BCUT2D eigenvalue weighted by Gasteiger charge is 2.04. The minimum atomic E-state index is 0.395. The van der Waals surface area contributed by atoms with Crippen molar-refractivity contribution in [3.8, 4) is 0 Å². The Labute approximate surface area is 69.8 Å². The van der Waals surface area contributed by atoms with Gasteiger partial charge in [0.15, 0.2) is 5.82 Å². The maximum atomic E-state index is 5.63. The molecule has 0 saturated heterocycles. The van der Waals surface area contributed by atoms with Crippen LogP contribution in [-0.4, -0.2) is 16.2 Å². The third-order valence-electron chi connectivity index (χ3n) is 1.13. The molecule has 0 fully saturated rings. The summed E-state index contributed by atoms with van der Waals surface area (Å²) in [6.45, 7) is 5.37. The van der Waals surface area contributed by atoms with Crippen molar-refractivity contribution in [1.82, 2.24) is 9.97 Å². The predicted molar refractivity (Wildman–Crippen MR) is 47.3 cm³/mol. The van der Waals surface area contributed by atoms with Crippen molar-refractivity contribution in [1.29, 1.82) is 0 Å². The lowest BCUT2D eigenvalue weighted by Crippen LogP contribution is -1.74. The van der Waals surface area contributed by atoms with Crippen LogP contribution in [0.2, 0.25) is 0 Å². The van der Waals surface area contributed by atoms with Crippen molar-refractivity contribution >= 4 is 28.7 Å². The van der Waals surface area contributed by atoms with E-state index in [0.29, 0.717) is 16.5 Å². The van der Waals surface area contributed by atoms with E-state index in [9.17, 15) is 0 Å². The minimum Gasteiger partial charge on any atom is -0.329 e. The highest BCUT2D eigenvalue weighted by atomic mass is 35.5. The Balaban J connectivity index is 3.05. The van der Waals surface area contributed by atoms with Crippen LogP contribution in [0.25, 0.3) is 5.03 Å². The zero-order chi connectivity index (χ0) is 8.27. The number of hydrogen-bond donors (Lipinski definition) is 1. The number of halogens is 1. The van der Waals surface area contributed by atoms with Gasteiger partial charge in [-0.05, 0) is 6.92 Å². The van der Waals surface area contributed by atoms with E-state index in [0.717, 1.165) is 0 Å². The first-order chi connectivity index (χ1) is 5.25. The molecule has 0 radical (unpaired) electrons. The Bertz CT molecular complexity index is 288. The summed E-state index contributed by atoms with van der Waals surface area (Å²) in [5, 5.41) is 0.395. The van der Waals surface area contributed by atoms with Gasteiger partial charge in [0.1, 0.15) is 5.69 Å². The van der Waals surface area contributed by atoms with Crippen molar-refractivity contribution < 1.29 is 0 Å². The fourth-order valence-corrected chi connectivity index (χ4v) is 0.852. The summed E-state index contributed by atoms with van der Waals surface area (Å²) < 4.78 is 0. The first-order valence-corrected chi connectivity index (χ1v) is 3.50. The van der Waals surface area contributed by atoms with Crippen LogP contribution in [0, 0.1) is 0 Å². The molecule has 4 heteroatoms. The number of rotatable bonds is 2. The third kappa shape index (κ3) is 1.68. The Hall–Kier alpha value is -1.09. The molecule has 0 aliphatic heterocycles. The van der Waals surface area contributed by atoms with E-state index in [-0.39, 0.29) is 0 Å². The molecule has 0 saturated carbocycles. The molecule has 0 aliphatic rings. The zero-order valence-corrected chi connectivity index (χ0v) is 6.89. The molecule has 0 bridgehead atoms. The molecule has 1 N–H and O–H groups in total. The monoisotopic (exact) mass is 169 g/mol. The SMILES string of the molecule is C=C(Cl)c1nc[nH]c1/N=C\C. The molecule has 3 nitrogen and oxygen atoms in total. The van der Waals surface area contributed by atoms with Gasteiger partial charge in [-0.3, -0.25) is 0 Å². The quantitative estimate of drug-likeness (QED) is 0.679. The Morgan fingerprint density at radius 3 is 3.18 bits per heavy atom. The smallest absolute Gasteiger partial charge is 0.158 e. The van der Waals surface area contributed by atoms with Crippen LogP contribution in [0.1, 0.15) is 12.6 Å². The first-order valence-electron chi connectivity index (χ1n) is 3.12. The summed E-state index contributed by atoms with van der Waals surface area (Å²) in [6.07, 6.45) is 3.20. The average Bonchev–Trinajstić information content (AvgIpc) is 2.36. The number of aromatic amines is 1. The van der Waals surface area contributed by atoms with Crippen molar-refractivity contribution in [3.63, 3.8) is 0 Å². The number of nitrogens with one attached hydrogen (secondary N) is 1. The van der Waals surface area contributed by atoms with Gasteiger partial charge < -0.3 is 4.98 Å². The molecule has 1 aromatic heterocycles. The largest absolute Gasteiger partial charge is 0.329 e. The van der Waals surface area contributed by atoms with E-state index < -0.39 is 0 Å². The van der Waals surface area contributed by atoms with E-state index in [4.69, 9.17) is 11.6 Å². The average molecular weight is 170 g/mol. The van der Waals surface area contributed by atoms with Crippen LogP contribution < -0.4 is 0 Å².